The molecule has 1 aromatic heterocycles. The number of hydrogen-bond acceptors (Lipinski definition) is 3. The molecule has 0 amide bonds. The number of ether oxygens (including phenoxy) is 1. The SMILES string of the molecule is O=C(O)c1cncc(OCc2cccc(Cl)c2F)c1. The first-order valence-electron chi connectivity index (χ1n) is 5.32. The highest BCUT2D eigenvalue weighted by molar-refractivity contribution is 6.30. The molecule has 0 spiro atoms. The number of carboxylic acids is 1. The molecule has 98 valence electrons. The first-order valence-corrected chi connectivity index (χ1v) is 5.70. The zero-order valence-electron chi connectivity index (χ0n) is 9.64. The molecule has 1 aromatic carbocycles. The van der Waals surface area contributed by atoms with Crippen molar-refractivity contribution in [3.63, 3.8) is 0 Å². The maximum Gasteiger partial charge on any atom is 0.337 e. The van der Waals surface area contributed by atoms with Crippen LogP contribution in [0.5, 0.6) is 5.75 Å². The fraction of sp³-hybridized carbons (Fsp3) is 0.0769. The minimum Gasteiger partial charge on any atom is -0.487 e. The number of halogens is 2. The molecule has 0 aliphatic rings. The lowest BCUT2D eigenvalue weighted by Gasteiger charge is -2.08. The summed E-state index contributed by atoms with van der Waals surface area (Å²) in [6, 6.07) is 5.90. The Hall–Kier alpha value is -2.14. The number of aromatic carboxylic acids is 1. The van der Waals surface area contributed by atoms with Crippen LogP contribution in [0.3, 0.4) is 0 Å². The van der Waals surface area contributed by atoms with E-state index in [1.54, 1.807) is 6.07 Å². The molecule has 4 nitrogen and oxygen atoms in total. The number of benzene rings is 1. The minimum atomic E-state index is -1.10. The molecule has 0 saturated heterocycles. The summed E-state index contributed by atoms with van der Waals surface area (Å²) in [5.74, 6) is -1.40. The van der Waals surface area contributed by atoms with E-state index in [0.29, 0.717) is 0 Å². The fourth-order valence-electron chi connectivity index (χ4n) is 1.44. The van der Waals surface area contributed by atoms with Gasteiger partial charge < -0.3 is 9.84 Å². The van der Waals surface area contributed by atoms with Crippen molar-refractivity contribution >= 4 is 17.6 Å². The maximum atomic E-state index is 13.6. The maximum absolute atomic E-state index is 13.6. The van der Waals surface area contributed by atoms with Gasteiger partial charge in [0.25, 0.3) is 0 Å². The van der Waals surface area contributed by atoms with Crippen LogP contribution in [0.25, 0.3) is 0 Å². The van der Waals surface area contributed by atoms with Crippen LogP contribution in [0.1, 0.15) is 15.9 Å². The van der Waals surface area contributed by atoms with E-state index >= 15 is 0 Å². The van der Waals surface area contributed by atoms with E-state index in [4.69, 9.17) is 21.4 Å². The standard InChI is InChI=1S/C13H9ClFNO3/c14-11-3-1-2-8(12(11)15)7-19-10-4-9(13(17)18)5-16-6-10/h1-6H,7H2,(H,17,18). The molecule has 0 saturated carbocycles. The van der Waals surface area contributed by atoms with Crippen molar-refractivity contribution in [1.29, 1.82) is 0 Å². The van der Waals surface area contributed by atoms with Crippen LogP contribution in [-0.4, -0.2) is 16.1 Å². The van der Waals surface area contributed by atoms with Gasteiger partial charge in [0.15, 0.2) is 0 Å². The van der Waals surface area contributed by atoms with Gasteiger partial charge in [-0.2, -0.15) is 0 Å². The molecule has 6 heteroatoms. The predicted octanol–water partition coefficient (Wildman–Crippen LogP) is 3.15. The molecular weight excluding hydrogens is 273 g/mol. The molecule has 2 aromatic rings. The Morgan fingerprint density at radius 1 is 1.42 bits per heavy atom. The van der Waals surface area contributed by atoms with E-state index < -0.39 is 11.8 Å². The normalized spacial score (nSPS) is 10.2. The smallest absolute Gasteiger partial charge is 0.337 e. The zero-order valence-corrected chi connectivity index (χ0v) is 10.4. The lowest BCUT2D eigenvalue weighted by molar-refractivity contribution is 0.0696. The van der Waals surface area contributed by atoms with Crippen LogP contribution in [0.2, 0.25) is 5.02 Å². The van der Waals surface area contributed by atoms with Gasteiger partial charge in [-0.3, -0.25) is 4.98 Å². The lowest BCUT2D eigenvalue weighted by atomic mass is 10.2. The zero-order chi connectivity index (χ0) is 13.8. The van der Waals surface area contributed by atoms with Crippen LogP contribution < -0.4 is 4.74 Å². The third-order valence-corrected chi connectivity index (χ3v) is 2.68. The van der Waals surface area contributed by atoms with Crippen molar-refractivity contribution < 1.29 is 19.0 Å². The Balaban J connectivity index is 2.12. The monoisotopic (exact) mass is 281 g/mol. The largest absolute Gasteiger partial charge is 0.487 e. The highest BCUT2D eigenvalue weighted by Crippen LogP contribution is 2.20. The summed E-state index contributed by atoms with van der Waals surface area (Å²) >= 11 is 5.64. The second-order valence-corrected chi connectivity index (χ2v) is 4.12. The van der Waals surface area contributed by atoms with Gasteiger partial charge in [0, 0.05) is 11.8 Å². The summed E-state index contributed by atoms with van der Waals surface area (Å²) in [5.41, 5.74) is 0.289. The Morgan fingerprint density at radius 2 is 2.21 bits per heavy atom. The van der Waals surface area contributed by atoms with Crippen LogP contribution >= 0.6 is 11.6 Å². The van der Waals surface area contributed by atoms with Gasteiger partial charge in [0.1, 0.15) is 18.2 Å². The van der Waals surface area contributed by atoms with E-state index in [-0.39, 0.29) is 28.5 Å². The number of rotatable bonds is 4. The highest BCUT2D eigenvalue weighted by Gasteiger charge is 2.08. The molecule has 1 heterocycles. The van der Waals surface area contributed by atoms with E-state index in [1.165, 1.54) is 30.6 Å². The second kappa shape index (κ2) is 5.67. The number of carboxylic acid groups (broad SMARTS) is 1. The average Bonchev–Trinajstić information content (AvgIpc) is 2.41. The third-order valence-electron chi connectivity index (χ3n) is 2.39. The van der Waals surface area contributed by atoms with E-state index in [0.717, 1.165) is 0 Å². The molecule has 0 bridgehead atoms. The van der Waals surface area contributed by atoms with Crippen molar-refractivity contribution in [2.75, 3.05) is 0 Å². The van der Waals surface area contributed by atoms with Crippen molar-refractivity contribution in [3.05, 3.63) is 58.6 Å². The van der Waals surface area contributed by atoms with Gasteiger partial charge in [-0.15, -0.1) is 0 Å². The average molecular weight is 282 g/mol. The van der Waals surface area contributed by atoms with Gasteiger partial charge in [-0.1, -0.05) is 23.7 Å². The van der Waals surface area contributed by atoms with Crippen LogP contribution in [0, 0.1) is 5.82 Å². The van der Waals surface area contributed by atoms with E-state index in [1.807, 2.05) is 0 Å². The molecule has 0 radical (unpaired) electrons. The predicted molar refractivity (Wildman–Crippen MR) is 66.9 cm³/mol. The van der Waals surface area contributed by atoms with Crippen molar-refractivity contribution in [3.8, 4) is 5.75 Å². The van der Waals surface area contributed by atoms with Crippen molar-refractivity contribution in [2.24, 2.45) is 0 Å². The number of aromatic nitrogens is 1. The summed E-state index contributed by atoms with van der Waals surface area (Å²) in [7, 11) is 0. The number of carbonyl (C=O) groups is 1. The van der Waals surface area contributed by atoms with Crippen LogP contribution in [-0.2, 0) is 6.61 Å². The quantitative estimate of drug-likeness (QED) is 0.935. The summed E-state index contributed by atoms with van der Waals surface area (Å²) in [6.45, 7) is -0.0584. The van der Waals surface area contributed by atoms with Gasteiger partial charge >= 0.3 is 5.97 Å². The first kappa shape index (κ1) is 13.3. The molecule has 1 N–H and O–H groups in total. The lowest BCUT2D eigenvalue weighted by Crippen LogP contribution is -2.02. The summed E-state index contributed by atoms with van der Waals surface area (Å²) in [6.07, 6.45) is 2.56. The van der Waals surface area contributed by atoms with Gasteiger partial charge in [0.05, 0.1) is 16.8 Å². The fourth-order valence-corrected chi connectivity index (χ4v) is 1.63. The Kier molecular flexibility index (Phi) is 3.97. The topological polar surface area (TPSA) is 59.4 Å². The Bertz CT molecular complexity index is 619. The van der Waals surface area contributed by atoms with E-state index in [2.05, 4.69) is 4.98 Å². The molecule has 2 rings (SSSR count). The highest BCUT2D eigenvalue weighted by atomic mass is 35.5. The van der Waals surface area contributed by atoms with Crippen molar-refractivity contribution in [1.82, 2.24) is 4.98 Å². The molecular formula is C13H9ClFNO3. The van der Waals surface area contributed by atoms with E-state index in [9.17, 15) is 9.18 Å². The second-order valence-electron chi connectivity index (χ2n) is 3.72. The molecule has 0 aliphatic carbocycles. The molecule has 19 heavy (non-hydrogen) atoms. The molecule has 0 aliphatic heterocycles. The van der Waals surface area contributed by atoms with Crippen LogP contribution in [0.4, 0.5) is 4.39 Å². The first-order chi connectivity index (χ1) is 9.08. The number of pyridine rings is 1. The summed E-state index contributed by atoms with van der Waals surface area (Å²) in [4.78, 5) is 14.5. The summed E-state index contributed by atoms with van der Waals surface area (Å²) < 4.78 is 18.9. The Morgan fingerprint density at radius 3 is 2.95 bits per heavy atom. The number of nitrogens with zero attached hydrogens (tertiary/aromatic N) is 1. The Labute approximate surface area is 113 Å². The molecule has 0 atom stereocenters. The van der Waals surface area contributed by atoms with Gasteiger partial charge in [-0.05, 0) is 12.1 Å². The molecule has 0 fully saturated rings. The number of hydrogen-bond donors (Lipinski definition) is 1. The van der Waals surface area contributed by atoms with Gasteiger partial charge in [0.2, 0.25) is 0 Å². The third kappa shape index (κ3) is 3.20. The molecule has 0 unspecified atom stereocenters. The minimum absolute atomic E-state index is 0.00376. The van der Waals surface area contributed by atoms with Crippen molar-refractivity contribution in [2.45, 2.75) is 6.61 Å². The van der Waals surface area contributed by atoms with Crippen LogP contribution in [0.15, 0.2) is 36.7 Å². The van der Waals surface area contributed by atoms with Gasteiger partial charge in [-0.25, -0.2) is 9.18 Å². The summed E-state index contributed by atoms with van der Waals surface area (Å²) in [5, 5.41) is 8.81.